The molecule has 0 bridgehead atoms. The second-order valence-corrected chi connectivity index (χ2v) is 7.77. The van der Waals surface area contributed by atoms with Gasteiger partial charge >= 0.3 is 0 Å². The summed E-state index contributed by atoms with van der Waals surface area (Å²) in [5, 5.41) is 28.2. The first-order valence-electron chi connectivity index (χ1n) is 8.41. The van der Waals surface area contributed by atoms with Crippen LogP contribution >= 0.6 is 0 Å². The van der Waals surface area contributed by atoms with Crippen molar-refractivity contribution in [2.24, 2.45) is 0 Å². The fourth-order valence-electron chi connectivity index (χ4n) is 2.52. The van der Waals surface area contributed by atoms with Crippen LogP contribution in [0.3, 0.4) is 0 Å². The third-order valence-corrected chi connectivity index (χ3v) is 5.39. The topological polar surface area (TPSA) is 124 Å². The Balaban J connectivity index is 1.86. The first kappa shape index (κ1) is 20.0. The van der Waals surface area contributed by atoms with Gasteiger partial charge in [-0.15, -0.1) is 0 Å². The smallest absolute Gasteiger partial charge is 0.261 e. The van der Waals surface area contributed by atoms with E-state index in [1.807, 2.05) is 0 Å². The minimum Gasteiger partial charge on any atom is -0.508 e. The molecular weight excluding hydrogens is 394 g/mol. The van der Waals surface area contributed by atoms with Crippen molar-refractivity contribution in [1.29, 1.82) is 0 Å². The number of allylic oxidation sites excluding steroid dienone is 1. The number of para-hydroxylation sites is 1. The first-order chi connectivity index (χ1) is 13.8. The van der Waals surface area contributed by atoms with Gasteiger partial charge < -0.3 is 15.3 Å². The Labute approximate surface area is 167 Å². The number of sulfonamides is 1. The molecule has 7 nitrogen and oxygen atoms in total. The van der Waals surface area contributed by atoms with Crippen molar-refractivity contribution in [3.63, 3.8) is 0 Å². The molecule has 29 heavy (non-hydrogen) atoms. The van der Waals surface area contributed by atoms with Crippen LogP contribution in [-0.2, 0) is 10.0 Å². The van der Waals surface area contributed by atoms with Crippen molar-refractivity contribution >= 4 is 27.6 Å². The number of phenolic OH excluding ortho intramolecular Hbond substituents is 3. The third kappa shape index (κ3) is 4.74. The number of anilines is 1. The minimum atomic E-state index is -3.96. The van der Waals surface area contributed by atoms with Crippen molar-refractivity contribution < 1.29 is 28.5 Å². The second kappa shape index (κ2) is 8.07. The third-order valence-electron chi connectivity index (χ3n) is 4.01. The SMILES string of the molecule is O=C(/C=C/c1ccc(O)c(O)c1)c1ccccc1NS(=O)(=O)c1ccc(O)cc1. The van der Waals surface area contributed by atoms with Crippen LogP contribution in [0.15, 0.2) is 77.7 Å². The van der Waals surface area contributed by atoms with Gasteiger partial charge in [-0.1, -0.05) is 24.3 Å². The van der Waals surface area contributed by atoms with Crippen molar-refractivity contribution in [3.8, 4) is 17.2 Å². The molecule has 0 saturated heterocycles. The Morgan fingerprint density at radius 1 is 0.862 bits per heavy atom. The molecule has 4 N–H and O–H groups in total. The molecule has 0 aliphatic carbocycles. The van der Waals surface area contributed by atoms with E-state index in [0.29, 0.717) is 5.56 Å². The van der Waals surface area contributed by atoms with E-state index in [1.54, 1.807) is 12.1 Å². The Kier molecular flexibility index (Phi) is 5.56. The molecule has 3 aromatic carbocycles. The number of hydrogen-bond acceptors (Lipinski definition) is 6. The highest BCUT2D eigenvalue weighted by Crippen LogP contribution is 2.26. The van der Waals surface area contributed by atoms with Crippen LogP contribution < -0.4 is 4.72 Å². The van der Waals surface area contributed by atoms with Gasteiger partial charge in [-0.2, -0.15) is 0 Å². The maximum absolute atomic E-state index is 12.6. The molecule has 0 unspecified atom stereocenters. The molecule has 148 valence electrons. The average Bonchev–Trinajstić information content (AvgIpc) is 2.69. The van der Waals surface area contributed by atoms with Gasteiger partial charge in [0.1, 0.15) is 5.75 Å². The molecule has 0 spiro atoms. The normalized spacial score (nSPS) is 11.4. The predicted octanol–water partition coefficient (Wildman–Crippen LogP) is 3.50. The monoisotopic (exact) mass is 411 g/mol. The fraction of sp³-hybridized carbons (Fsp3) is 0. The highest BCUT2D eigenvalue weighted by Gasteiger charge is 2.17. The van der Waals surface area contributed by atoms with Crippen LogP contribution in [0.1, 0.15) is 15.9 Å². The summed E-state index contributed by atoms with van der Waals surface area (Å²) in [7, 11) is -3.96. The van der Waals surface area contributed by atoms with Gasteiger partial charge in [-0.3, -0.25) is 9.52 Å². The minimum absolute atomic E-state index is 0.0623. The predicted molar refractivity (Wildman–Crippen MR) is 108 cm³/mol. The van der Waals surface area contributed by atoms with Crippen molar-refractivity contribution in [3.05, 3.63) is 83.9 Å². The zero-order chi connectivity index (χ0) is 21.0. The molecule has 0 amide bonds. The first-order valence-corrected chi connectivity index (χ1v) is 9.90. The summed E-state index contributed by atoms with van der Waals surface area (Å²) in [6, 6.07) is 15.2. The molecular formula is C21H17NO6S. The zero-order valence-corrected chi connectivity index (χ0v) is 15.8. The number of benzene rings is 3. The molecule has 0 atom stereocenters. The van der Waals surface area contributed by atoms with E-state index in [0.717, 1.165) is 0 Å². The lowest BCUT2D eigenvalue weighted by Crippen LogP contribution is -2.15. The van der Waals surface area contributed by atoms with Crippen LogP contribution in [0.4, 0.5) is 5.69 Å². The Morgan fingerprint density at radius 3 is 2.24 bits per heavy atom. The number of nitrogens with one attached hydrogen (secondary N) is 1. The van der Waals surface area contributed by atoms with Crippen LogP contribution in [0.2, 0.25) is 0 Å². The molecule has 0 aliphatic rings. The van der Waals surface area contributed by atoms with E-state index < -0.39 is 15.8 Å². The maximum Gasteiger partial charge on any atom is 0.261 e. The van der Waals surface area contributed by atoms with Gasteiger partial charge in [0.15, 0.2) is 17.3 Å². The standard InChI is InChI=1S/C21H17NO6S/c23-15-7-9-16(10-8-15)29(27,28)22-18-4-2-1-3-17(18)19(24)11-5-14-6-12-20(25)21(26)13-14/h1-13,22-23,25-26H/b11-5+. The summed E-state index contributed by atoms with van der Waals surface area (Å²) in [6.07, 6.45) is 2.67. The van der Waals surface area contributed by atoms with Gasteiger partial charge in [-0.05, 0) is 60.2 Å². The Morgan fingerprint density at radius 2 is 1.55 bits per heavy atom. The summed E-state index contributed by atoms with van der Waals surface area (Å²) in [6.45, 7) is 0. The summed E-state index contributed by atoms with van der Waals surface area (Å²) in [4.78, 5) is 12.5. The number of rotatable bonds is 6. The van der Waals surface area contributed by atoms with Gasteiger partial charge in [0, 0.05) is 5.56 Å². The summed E-state index contributed by atoms with van der Waals surface area (Å²) < 4.78 is 27.5. The molecule has 0 fully saturated rings. The summed E-state index contributed by atoms with van der Waals surface area (Å²) >= 11 is 0. The lowest BCUT2D eigenvalue weighted by Gasteiger charge is -2.11. The van der Waals surface area contributed by atoms with Crippen LogP contribution in [0, 0.1) is 0 Å². The van der Waals surface area contributed by atoms with E-state index in [-0.39, 0.29) is 33.4 Å². The maximum atomic E-state index is 12.6. The molecule has 3 rings (SSSR count). The number of aromatic hydroxyl groups is 3. The highest BCUT2D eigenvalue weighted by molar-refractivity contribution is 7.92. The molecule has 0 aliphatic heterocycles. The summed E-state index contributed by atoms with van der Waals surface area (Å²) in [5.74, 6) is -1.12. The van der Waals surface area contributed by atoms with Crippen molar-refractivity contribution in [2.45, 2.75) is 4.90 Å². The molecule has 0 radical (unpaired) electrons. The van der Waals surface area contributed by atoms with E-state index in [4.69, 9.17) is 0 Å². The molecule has 0 aromatic heterocycles. The quantitative estimate of drug-likeness (QED) is 0.280. The summed E-state index contributed by atoms with van der Waals surface area (Å²) in [5.41, 5.74) is 0.716. The van der Waals surface area contributed by atoms with Gasteiger partial charge in [-0.25, -0.2) is 8.42 Å². The second-order valence-electron chi connectivity index (χ2n) is 6.09. The van der Waals surface area contributed by atoms with Crippen molar-refractivity contribution in [2.75, 3.05) is 4.72 Å². The molecule has 3 aromatic rings. The van der Waals surface area contributed by atoms with Gasteiger partial charge in [0.25, 0.3) is 10.0 Å². The number of phenols is 3. The van der Waals surface area contributed by atoms with E-state index in [1.165, 1.54) is 66.7 Å². The van der Waals surface area contributed by atoms with E-state index in [2.05, 4.69) is 4.72 Å². The van der Waals surface area contributed by atoms with E-state index in [9.17, 15) is 28.5 Å². The number of hydrogen-bond donors (Lipinski definition) is 4. The van der Waals surface area contributed by atoms with E-state index >= 15 is 0 Å². The lowest BCUT2D eigenvalue weighted by molar-refractivity contribution is 0.104. The molecule has 8 heteroatoms. The average molecular weight is 411 g/mol. The van der Waals surface area contributed by atoms with Gasteiger partial charge in [0.2, 0.25) is 0 Å². The van der Waals surface area contributed by atoms with Crippen molar-refractivity contribution in [1.82, 2.24) is 0 Å². The fourth-order valence-corrected chi connectivity index (χ4v) is 3.60. The zero-order valence-electron chi connectivity index (χ0n) is 15.0. The lowest BCUT2D eigenvalue weighted by atomic mass is 10.1. The number of ketones is 1. The highest BCUT2D eigenvalue weighted by atomic mass is 32.2. The molecule has 0 saturated carbocycles. The van der Waals surface area contributed by atoms with Crippen LogP contribution in [0.25, 0.3) is 6.08 Å². The van der Waals surface area contributed by atoms with Gasteiger partial charge in [0.05, 0.1) is 10.6 Å². The Bertz CT molecular complexity index is 1180. The van der Waals surface area contributed by atoms with Crippen LogP contribution in [0.5, 0.6) is 17.2 Å². The largest absolute Gasteiger partial charge is 0.508 e. The molecule has 0 heterocycles. The number of carbonyl (C=O) groups is 1. The Hall–Kier alpha value is -3.78. The number of carbonyl (C=O) groups excluding carboxylic acids is 1. The van der Waals surface area contributed by atoms with Crippen LogP contribution in [-0.4, -0.2) is 29.5 Å².